The third-order valence-corrected chi connectivity index (χ3v) is 4.15. The Balaban J connectivity index is 1.99. The number of nitrogens with two attached hydrogens (primary N) is 1. The first-order valence-electron chi connectivity index (χ1n) is 7.71. The van der Waals surface area contributed by atoms with E-state index in [4.69, 9.17) is 10.9 Å². The van der Waals surface area contributed by atoms with Gasteiger partial charge in [-0.05, 0) is 18.9 Å². The molecule has 1 saturated carbocycles. The molecule has 5 heteroatoms. The summed E-state index contributed by atoms with van der Waals surface area (Å²) in [7, 11) is 0. The summed E-state index contributed by atoms with van der Waals surface area (Å²) in [5.74, 6) is -0.605. The highest BCUT2D eigenvalue weighted by Gasteiger charge is 2.14. The maximum atomic E-state index is 14.3. The molecule has 0 atom stereocenters. The molecule has 1 aliphatic rings. The van der Waals surface area contributed by atoms with Gasteiger partial charge >= 0.3 is 0 Å². The van der Waals surface area contributed by atoms with Gasteiger partial charge in [0.2, 0.25) is 0 Å². The van der Waals surface area contributed by atoms with E-state index in [1.165, 1.54) is 38.2 Å². The van der Waals surface area contributed by atoms with E-state index in [9.17, 15) is 4.39 Å². The lowest BCUT2D eigenvalue weighted by atomic mass is 9.96. The second kappa shape index (κ2) is 7.98. The summed E-state index contributed by atoms with van der Waals surface area (Å²) in [5.41, 5.74) is 6.18. The minimum absolute atomic E-state index is 0.148. The fourth-order valence-corrected chi connectivity index (χ4v) is 2.88. The van der Waals surface area contributed by atoms with Crippen LogP contribution in [0.5, 0.6) is 0 Å². The fraction of sp³-hybridized carbons (Fsp3) is 0.562. The summed E-state index contributed by atoms with van der Waals surface area (Å²) in [4.78, 5) is 0. The molecule has 0 aliphatic heterocycles. The quantitative estimate of drug-likeness (QED) is 0.346. The number of hydrogen-bond donors (Lipinski definition) is 3. The van der Waals surface area contributed by atoms with E-state index in [1.54, 1.807) is 12.1 Å². The van der Waals surface area contributed by atoms with Crippen molar-refractivity contribution in [1.82, 2.24) is 5.32 Å². The minimum atomic E-state index is -0.411. The normalized spacial score (nSPS) is 18.2. The molecule has 0 aromatic heterocycles. The van der Waals surface area contributed by atoms with Crippen LogP contribution in [0.15, 0.2) is 23.4 Å². The lowest BCUT2D eigenvalue weighted by molar-refractivity contribution is 0.318. The van der Waals surface area contributed by atoms with Crippen LogP contribution >= 0.6 is 0 Å². The first-order valence-corrected chi connectivity index (χ1v) is 7.71. The third-order valence-electron chi connectivity index (χ3n) is 4.15. The second-order valence-electron chi connectivity index (χ2n) is 5.69. The summed E-state index contributed by atoms with van der Waals surface area (Å²) >= 11 is 0. The van der Waals surface area contributed by atoms with Crippen molar-refractivity contribution in [3.8, 4) is 0 Å². The summed E-state index contributed by atoms with van der Waals surface area (Å²) < 4.78 is 14.3. The lowest BCUT2D eigenvalue weighted by Gasteiger charge is -2.21. The van der Waals surface area contributed by atoms with E-state index in [0.29, 0.717) is 18.2 Å². The molecule has 4 nitrogen and oxygen atoms in total. The van der Waals surface area contributed by atoms with Crippen LogP contribution in [-0.4, -0.2) is 17.1 Å². The van der Waals surface area contributed by atoms with Crippen LogP contribution in [-0.2, 0) is 6.54 Å². The standard InChI is InChI=1S/C16H24FN3O/c17-15-12(7-6-10-14(15)16(18)20-21)11-19-13-8-4-2-1-3-5-9-13/h6-7,10,13,19,21H,1-5,8-9,11H2,(H2,18,20). The zero-order valence-corrected chi connectivity index (χ0v) is 12.3. The molecule has 0 saturated heterocycles. The number of nitrogens with one attached hydrogen (secondary N) is 1. The zero-order chi connectivity index (χ0) is 15.1. The molecule has 0 bridgehead atoms. The highest BCUT2D eigenvalue weighted by Crippen LogP contribution is 2.18. The first-order chi connectivity index (χ1) is 10.2. The fourth-order valence-electron chi connectivity index (χ4n) is 2.88. The van der Waals surface area contributed by atoms with Gasteiger partial charge in [-0.2, -0.15) is 0 Å². The van der Waals surface area contributed by atoms with Crippen LogP contribution < -0.4 is 11.1 Å². The third kappa shape index (κ3) is 4.43. The molecule has 1 aromatic rings. The average molecular weight is 293 g/mol. The van der Waals surface area contributed by atoms with Gasteiger partial charge in [-0.25, -0.2) is 4.39 Å². The molecule has 116 valence electrons. The van der Waals surface area contributed by atoms with Crippen molar-refractivity contribution in [2.45, 2.75) is 57.5 Å². The minimum Gasteiger partial charge on any atom is -0.409 e. The molecule has 0 spiro atoms. The maximum Gasteiger partial charge on any atom is 0.173 e. The Morgan fingerprint density at radius 1 is 1.24 bits per heavy atom. The molecule has 21 heavy (non-hydrogen) atoms. The number of oxime groups is 1. The van der Waals surface area contributed by atoms with Gasteiger partial charge in [-0.15, -0.1) is 0 Å². The largest absolute Gasteiger partial charge is 0.409 e. The van der Waals surface area contributed by atoms with Crippen molar-refractivity contribution in [3.63, 3.8) is 0 Å². The van der Waals surface area contributed by atoms with Crippen molar-refractivity contribution in [1.29, 1.82) is 0 Å². The Kier molecular flexibility index (Phi) is 5.99. The Bertz CT molecular complexity index is 482. The van der Waals surface area contributed by atoms with E-state index in [2.05, 4.69) is 10.5 Å². The number of halogens is 1. The average Bonchev–Trinajstić information content (AvgIpc) is 2.46. The van der Waals surface area contributed by atoms with E-state index in [-0.39, 0.29) is 11.4 Å². The molecule has 1 fully saturated rings. The van der Waals surface area contributed by atoms with Crippen LogP contribution in [0.2, 0.25) is 0 Å². The molecule has 1 aromatic carbocycles. The number of hydrogen-bond acceptors (Lipinski definition) is 3. The van der Waals surface area contributed by atoms with Gasteiger partial charge < -0.3 is 16.3 Å². The number of nitrogens with zero attached hydrogens (tertiary/aromatic N) is 1. The monoisotopic (exact) mass is 293 g/mol. The van der Waals surface area contributed by atoms with Gasteiger partial charge in [0, 0.05) is 18.2 Å². The van der Waals surface area contributed by atoms with Crippen LogP contribution in [0.3, 0.4) is 0 Å². The van der Waals surface area contributed by atoms with Gasteiger partial charge in [-0.1, -0.05) is 49.4 Å². The van der Waals surface area contributed by atoms with Gasteiger partial charge in [0.25, 0.3) is 0 Å². The summed E-state index contributed by atoms with van der Waals surface area (Å²) in [5, 5.41) is 15.0. The predicted octanol–water partition coefficient (Wildman–Crippen LogP) is 3.12. The molecular formula is C16H24FN3O. The Labute approximate surface area is 125 Å². The van der Waals surface area contributed by atoms with Crippen molar-refractivity contribution in [2.75, 3.05) is 0 Å². The van der Waals surface area contributed by atoms with Gasteiger partial charge in [0.05, 0.1) is 5.56 Å². The molecule has 0 unspecified atom stereocenters. The van der Waals surface area contributed by atoms with Gasteiger partial charge in [0.15, 0.2) is 5.84 Å². The highest BCUT2D eigenvalue weighted by atomic mass is 19.1. The SMILES string of the molecule is N/C(=N/O)c1cccc(CNC2CCCCCCC2)c1F. The van der Waals surface area contributed by atoms with Crippen LogP contribution in [0.1, 0.15) is 56.1 Å². The molecule has 4 N–H and O–H groups in total. The Morgan fingerprint density at radius 3 is 2.57 bits per heavy atom. The summed E-state index contributed by atoms with van der Waals surface area (Å²) in [6.45, 7) is 0.475. The van der Waals surface area contributed by atoms with Crippen LogP contribution in [0, 0.1) is 5.82 Å². The van der Waals surface area contributed by atoms with Gasteiger partial charge in [-0.3, -0.25) is 0 Å². The second-order valence-corrected chi connectivity index (χ2v) is 5.69. The van der Waals surface area contributed by atoms with Crippen molar-refractivity contribution in [2.24, 2.45) is 10.9 Å². The number of rotatable bonds is 4. The number of benzene rings is 1. The van der Waals surface area contributed by atoms with Gasteiger partial charge in [0.1, 0.15) is 5.82 Å². The molecule has 0 heterocycles. The zero-order valence-electron chi connectivity index (χ0n) is 12.3. The van der Waals surface area contributed by atoms with E-state index in [1.807, 2.05) is 0 Å². The maximum absolute atomic E-state index is 14.3. The first kappa shape index (κ1) is 15.8. The van der Waals surface area contributed by atoms with Crippen LogP contribution in [0.4, 0.5) is 4.39 Å². The predicted molar refractivity (Wildman–Crippen MR) is 81.9 cm³/mol. The van der Waals surface area contributed by atoms with E-state index < -0.39 is 5.82 Å². The summed E-state index contributed by atoms with van der Waals surface area (Å²) in [6.07, 6.45) is 8.72. The van der Waals surface area contributed by atoms with E-state index >= 15 is 0 Å². The number of amidine groups is 1. The highest BCUT2D eigenvalue weighted by molar-refractivity contribution is 5.97. The van der Waals surface area contributed by atoms with Crippen molar-refractivity contribution in [3.05, 3.63) is 35.1 Å². The van der Waals surface area contributed by atoms with Crippen molar-refractivity contribution >= 4 is 5.84 Å². The van der Waals surface area contributed by atoms with E-state index in [0.717, 1.165) is 12.8 Å². The van der Waals surface area contributed by atoms with Crippen LogP contribution in [0.25, 0.3) is 0 Å². The molecule has 1 aliphatic carbocycles. The molecular weight excluding hydrogens is 269 g/mol. The molecule has 0 radical (unpaired) electrons. The Morgan fingerprint density at radius 2 is 1.90 bits per heavy atom. The topological polar surface area (TPSA) is 70.6 Å². The molecule has 0 amide bonds. The lowest BCUT2D eigenvalue weighted by Crippen LogP contribution is -2.30. The smallest absolute Gasteiger partial charge is 0.173 e. The van der Waals surface area contributed by atoms with Crippen molar-refractivity contribution < 1.29 is 9.60 Å². The Hall–Kier alpha value is -1.62. The molecule has 2 rings (SSSR count). The summed E-state index contributed by atoms with van der Waals surface area (Å²) in [6, 6.07) is 5.44.